The molecule has 1 unspecified atom stereocenters. The number of hydrogen-bond acceptors (Lipinski definition) is 3. The third-order valence-corrected chi connectivity index (χ3v) is 3.69. The highest BCUT2D eigenvalue weighted by atomic mass is 32.1. The molecule has 1 atom stereocenters. The number of nitrogens with two attached hydrogens (primary N) is 1. The van der Waals surface area contributed by atoms with Crippen LogP contribution in [0.4, 0.5) is 0 Å². The zero-order valence-electron chi connectivity index (χ0n) is 9.11. The highest BCUT2D eigenvalue weighted by Gasteiger charge is 2.44. The minimum absolute atomic E-state index is 0.126. The molecule has 4 heteroatoms. The molecule has 1 aliphatic heterocycles. The molecule has 2 rings (SSSR count). The smallest absolute Gasteiger partial charge is 0.0733 e. The SMILES string of the molecule is NC(=S)CC1(CN2CCCC(O)C2)CC1. The van der Waals surface area contributed by atoms with Crippen LogP contribution in [0.15, 0.2) is 0 Å². The minimum Gasteiger partial charge on any atom is -0.393 e. The summed E-state index contributed by atoms with van der Waals surface area (Å²) in [5.74, 6) is 0. The molecule has 1 aliphatic carbocycles. The molecule has 2 fully saturated rings. The van der Waals surface area contributed by atoms with E-state index in [9.17, 15) is 5.11 Å². The summed E-state index contributed by atoms with van der Waals surface area (Å²) < 4.78 is 0. The minimum atomic E-state index is -0.126. The number of hydrogen-bond donors (Lipinski definition) is 2. The molecule has 1 saturated carbocycles. The highest BCUT2D eigenvalue weighted by molar-refractivity contribution is 7.80. The number of β-amino-alcohol motifs (C(OH)–C–C–N with tert-alkyl or cyclic N) is 1. The molecule has 0 aromatic heterocycles. The first-order valence-corrected chi connectivity index (χ1v) is 6.19. The van der Waals surface area contributed by atoms with Gasteiger partial charge in [0.05, 0.1) is 11.1 Å². The lowest BCUT2D eigenvalue weighted by Crippen LogP contribution is -2.42. The Hall–Kier alpha value is -0.190. The van der Waals surface area contributed by atoms with Gasteiger partial charge in [0.1, 0.15) is 0 Å². The summed E-state index contributed by atoms with van der Waals surface area (Å²) in [6.07, 6.45) is 5.32. The predicted octanol–water partition coefficient (Wildman–Crippen LogP) is 0.899. The number of piperidine rings is 1. The van der Waals surface area contributed by atoms with E-state index in [-0.39, 0.29) is 6.10 Å². The fraction of sp³-hybridized carbons (Fsp3) is 0.909. The fourth-order valence-corrected chi connectivity index (χ4v) is 2.89. The van der Waals surface area contributed by atoms with Gasteiger partial charge in [0.15, 0.2) is 0 Å². The number of rotatable bonds is 4. The van der Waals surface area contributed by atoms with E-state index < -0.39 is 0 Å². The maximum Gasteiger partial charge on any atom is 0.0733 e. The van der Waals surface area contributed by atoms with Gasteiger partial charge in [-0.05, 0) is 37.6 Å². The monoisotopic (exact) mass is 228 g/mol. The van der Waals surface area contributed by atoms with Crippen LogP contribution in [0.25, 0.3) is 0 Å². The van der Waals surface area contributed by atoms with Crippen LogP contribution in [0.2, 0.25) is 0 Å². The van der Waals surface area contributed by atoms with Crippen LogP contribution in [-0.4, -0.2) is 40.7 Å². The molecule has 2 aliphatic rings. The van der Waals surface area contributed by atoms with Crippen molar-refractivity contribution in [2.75, 3.05) is 19.6 Å². The maximum absolute atomic E-state index is 9.59. The number of thiocarbonyl (C=S) groups is 1. The molecule has 1 heterocycles. The average Bonchev–Trinajstić information content (AvgIpc) is 2.83. The van der Waals surface area contributed by atoms with Crippen molar-refractivity contribution in [2.24, 2.45) is 11.1 Å². The van der Waals surface area contributed by atoms with Gasteiger partial charge in [-0.2, -0.15) is 0 Å². The molecule has 0 aromatic rings. The zero-order valence-corrected chi connectivity index (χ0v) is 9.93. The lowest BCUT2D eigenvalue weighted by molar-refractivity contribution is 0.0600. The van der Waals surface area contributed by atoms with Crippen LogP contribution in [0, 0.1) is 5.41 Å². The molecular formula is C11H20N2OS. The summed E-state index contributed by atoms with van der Waals surface area (Å²) in [7, 11) is 0. The van der Waals surface area contributed by atoms with Gasteiger partial charge in [0.25, 0.3) is 0 Å². The number of aliphatic hydroxyl groups is 1. The van der Waals surface area contributed by atoms with Crippen molar-refractivity contribution in [2.45, 2.75) is 38.2 Å². The van der Waals surface area contributed by atoms with E-state index in [1.54, 1.807) is 0 Å². The van der Waals surface area contributed by atoms with Crippen LogP contribution in [0.5, 0.6) is 0 Å². The lowest BCUT2D eigenvalue weighted by atomic mass is 9.99. The molecule has 1 saturated heterocycles. The van der Waals surface area contributed by atoms with E-state index in [2.05, 4.69) is 4.90 Å². The van der Waals surface area contributed by atoms with E-state index >= 15 is 0 Å². The fourth-order valence-electron chi connectivity index (χ4n) is 2.59. The van der Waals surface area contributed by atoms with E-state index in [0.29, 0.717) is 10.4 Å². The van der Waals surface area contributed by atoms with Crippen molar-refractivity contribution in [3.63, 3.8) is 0 Å². The van der Waals surface area contributed by atoms with Crippen LogP contribution < -0.4 is 5.73 Å². The van der Waals surface area contributed by atoms with Crippen LogP contribution in [-0.2, 0) is 0 Å². The van der Waals surface area contributed by atoms with Crippen molar-refractivity contribution in [1.29, 1.82) is 0 Å². The summed E-state index contributed by atoms with van der Waals surface area (Å²) in [4.78, 5) is 3.02. The van der Waals surface area contributed by atoms with Gasteiger partial charge < -0.3 is 15.7 Å². The Bertz CT molecular complexity index is 253. The molecule has 86 valence electrons. The van der Waals surface area contributed by atoms with Gasteiger partial charge in [-0.1, -0.05) is 12.2 Å². The standard InChI is InChI=1S/C11H20N2OS/c12-10(15)6-11(3-4-11)8-13-5-1-2-9(14)7-13/h9,14H,1-8H2,(H2,12,15). The second kappa shape index (κ2) is 4.36. The molecule has 0 spiro atoms. The first-order chi connectivity index (χ1) is 7.10. The predicted molar refractivity (Wildman–Crippen MR) is 64.8 cm³/mol. The molecule has 3 nitrogen and oxygen atoms in total. The third kappa shape index (κ3) is 3.13. The number of nitrogens with zero attached hydrogens (tertiary/aromatic N) is 1. The Labute approximate surface area is 96.6 Å². The van der Waals surface area contributed by atoms with Gasteiger partial charge in [-0.25, -0.2) is 0 Å². The Balaban J connectivity index is 1.83. The largest absolute Gasteiger partial charge is 0.393 e. The Kier molecular flexibility index (Phi) is 3.28. The third-order valence-electron chi connectivity index (χ3n) is 3.55. The summed E-state index contributed by atoms with van der Waals surface area (Å²) in [6, 6.07) is 0. The summed E-state index contributed by atoms with van der Waals surface area (Å²) in [5, 5.41) is 9.59. The molecule has 0 aromatic carbocycles. The van der Waals surface area contributed by atoms with Gasteiger partial charge in [0, 0.05) is 19.5 Å². The van der Waals surface area contributed by atoms with Crippen LogP contribution in [0.3, 0.4) is 0 Å². The summed E-state index contributed by atoms with van der Waals surface area (Å²) in [6.45, 7) is 3.02. The Morgan fingerprint density at radius 2 is 2.27 bits per heavy atom. The molecule has 0 amide bonds. The van der Waals surface area contributed by atoms with Crippen LogP contribution >= 0.6 is 12.2 Å². The topological polar surface area (TPSA) is 49.5 Å². The summed E-state index contributed by atoms with van der Waals surface area (Å²) in [5.41, 5.74) is 5.98. The molecular weight excluding hydrogens is 208 g/mol. The first kappa shape index (κ1) is 11.3. The van der Waals surface area contributed by atoms with Gasteiger partial charge in [0.2, 0.25) is 0 Å². The van der Waals surface area contributed by atoms with Gasteiger partial charge >= 0.3 is 0 Å². The van der Waals surface area contributed by atoms with Crippen molar-refractivity contribution in [3.05, 3.63) is 0 Å². The first-order valence-electron chi connectivity index (χ1n) is 5.78. The normalized spacial score (nSPS) is 30.1. The zero-order chi connectivity index (χ0) is 10.9. The van der Waals surface area contributed by atoms with E-state index in [0.717, 1.165) is 38.9 Å². The number of likely N-dealkylation sites (tertiary alicyclic amines) is 1. The maximum atomic E-state index is 9.59. The van der Waals surface area contributed by atoms with Crippen LogP contribution in [0.1, 0.15) is 32.1 Å². The van der Waals surface area contributed by atoms with E-state index in [1.165, 1.54) is 12.8 Å². The quantitative estimate of drug-likeness (QED) is 0.702. The van der Waals surface area contributed by atoms with Crippen molar-refractivity contribution in [1.82, 2.24) is 4.90 Å². The Morgan fingerprint density at radius 1 is 1.53 bits per heavy atom. The molecule has 15 heavy (non-hydrogen) atoms. The van der Waals surface area contributed by atoms with Crippen molar-refractivity contribution < 1.29 is 5.11 Å². The van der Waals surface area contributed by atoms with E-state index in [1.807, 2.05) is 0 Å². The van der Waals surface area contributed by atoms with Gasteiger partial charge in [-0.15, -0.1) is 0 Å². The second-order valence-corrected chi connectivity index (χ2v) is 5.70. The molecule has 3 N–H and O–H groups in total. The molecule has 0 radical (unpaired) electrons. The highest BCUT2D eigenvalue weighted by Crippen LogP contribution is 2.49. The second-order valence-electron chi connectivity index (χ2n) is 5.17. The van der Waals surface area contributed by atoms with Gasteiger partial charge in [-0.3, -0.25) is 0 Å². The van der Waals surface area contributed by atoms with Crippen molar-refractivity contribution >= 4 is 17.2 Å². The Morgan fingerprint density at radius 3 is 2.80 bits per heavy atom. The number of aliphatic hydroxyl groups excluding tert-OH is 1. The molecule has 0 bridgehead atoms. The van der Waals surface area contributed by atoms with Crippen molar-refractivity contribution in [3.8, 4) is 0 Å². The average molecular weight is 228 g/mol. The lowest BCUT2D eigenvalue weighted by Gasteiger charge is -2.33. The summed E-state index contributed by atoms with van der Waals surface area (Å²) >= 11 is 4.98. The van der Waals surface area contributed by atoms with E-state index in [4.69, 9.17) is 18.0 Å².